The number of ether oxygens (including phenoxy) is 4. The molecule has 0 amide bonds. The van der Waals surface area contributed by atoms with Crippen LogP contribution in [0.3, 0.4) is 0 Å². The van der Waals surface area contributed by atoms with Crippen LogP contribution >= 0.6 is 0 Å². The van der Waals surface area contributed by atoms with E-state index in [0.29, 0.717) is 17.4 Å². The predicted octanol–water partition coefficient (Wildman–Crippen LogP) is 4.86. The van der Waals surface area contributed by atoms with Gasteiger partial charge in [-0.05, 0) is 35.9 Å². The normalized spacial score (nSPS) is 17.9. The lowest BCUT2D eigenvalue weighted by Crippen LogP contribution is -2.32. The third-order valence-corrected chi connectivity index (χ3v) is 6.47. The lowest BCUT2D eigenvalue weighted by molar-refractivity contribution is 0.217. The molecular weight excluding hydrogens is 444 g/mol. The highest BCUT2D eigenvalue weighted by Gasteiger charge is 2.42. The molecule has 0 spiro atoms. The molecule has 2 aliphatic rings. The van der Waals surface area contributed by atoms with Crippen molar-refractivity contribution >= 4 is 11.6 Å². The van der Waals surface area contributed by atoms with Crippen LogP contribution in [0.2, 0.25) is 0 Å². The van der Waals surface area contributed by atoms with Gasteiger partial charge >= 0.3 is 0 Å². The molecule has 4 aromatic rings. The minimum atomic E-state index is -0.431. The average Bonchev–Trinajstić information content (AvgIpc) is 3.39. The summed E-state index contributed by atoms with van der Waals surface area (Å²) in [5, 5.41) is 8.10. The van der Waals surface area contributed by atoms with Crippen LogP contribution in [0.5, 0.6) is 23.0 Å². The van der Waals surface area contributed by atoms with Gasteiger partial charge in [-0.2, -0.15) is 10.1 Å². The Morgan fingerprint density at radius 3 is 2.46 bits per heavy atom. The van der Waals surface area contributed by atoms with E-state index in [1.165, 1.54) is 0 Å². The summed E-state index contributed by atoms with van der Waals surface area (Å²) in [7, 11) is 4.93. The Hall–Kier alpha value is -4.46. The van der Waals surface area contributed by atoms with Gasteiger partial charge in [0.05, 0.1) is 27.0 Å². The van der Waals surface area contributed by atoms with Crippen LogP contribution in [-0.4, -0.2) is 36.1 Å². The molecule has 176 valence electrons. The molecular formula is C27H24N4O4. The second kappa shape index (κ2) is 8.39. The third kappa shape index (κ3) is 3.29. The quantitative estimate of drug-likeness (QED) is 0.448. The van der Waals surface area contributed by atoms with E-state index >= 15 is 0 Å². The monoisotopic (exact) mass is 468 g/mol. The van der Waals surface area contributed by atoms with Gasteiger partial charge in [-0.15, -0.1) is 0 Å². The zero-order valence-electron chi connectivity index (χ0n) is 19.6. The van der Waals surface area contributed by atoms with Crippen molar-refractivity contribution in [2.24, 2.45) is 0 Å². The van der Waals surface area contributed by atoms with E-state index in [9.17, 15) is 0 Å². The van der Waals surface area contributed by atoms with E-state index in [-0.39, 0.29) is 6.04 Å². The Labute approximate surface area is 202 Å². The number of nitrogens with one attached hydrogen (secondary N) is 1. The molecule has 6 rings (SSSR count). The first-order valence-corrected chi connectivity index (χ1v) is 11.2. The van der Waals surface area contributed by atoms with E-state index < -0.39 is 6.10 Å². The van der Waals surface area contributed by atoms with Crippen molar-refractivity contribution in [1.29, 1.82) is 0 Å². The topological polar surface area (TPSA) is 79.7 Å². The Kier molecular flexibility index (Phi) is 5.06. The highest BCUT2D eigenvalue weighted by molar-refractivity contribution is 5.85. The van der Waals surface area contributed by atoms with Crippen molar-refractivity contribution in [2.45, 2.75) is 12.1 Å². The molecule has 3 aromatic carbocycles. The number of hydrogen-bond acceptors (Lipinski definition) is 7. The fraction of sp³-hybridized carbons (Fsp3) is 0.185. The fourth-order valence-corrected chi connectivity index (χ4v) is 4.90. The van der Waals surface area contributed by atoms with Gasteiger partial charge in [-0.3, -0.25) is 0 Å². The molecule has 1 N–H and O–H groups in total. The summed E-state index contributed by atoms with van der Waals surface area (Å²) >= 11 is 0. The highest BCUT2D eigenvalue weighted by Crippen LogP contribution is 2.52. The van der Waals surface area contributed by atoms with E-state index in [4.69, 9.17) is 18.9 Å². The molecule has 0 bridgehead atoms. The summed E-state index contributed by atoms with van der Waals surface area (Å²) in [6.07, 6.45) is 1.12. The number of anilines is 1. The number of aromatic nitrogens is 3. The molecule has 0 saturated carbocycles. The van der Waals surface area contributed by atoms with Crippen LogP contribution in [0.25, 0.3) is 5.70 Å². The summed E-state index contributed by atoms with van der Waals surface area (Å²) in [5.41, 5.74) is 4.80. The lowest BCUT2D eigenvalue weighted by Gasteiger charge is -2.39. The van der Waals surface area contributed by atoms with Gasteiger partial charge < -0.3 is 24.3 Å². The Morgan fingerprint density at radius 2 is 1.63 bits per heavy atom. The van der Waals surface area contributed by atoms with Crippen LogP contribution in [0, 0.1) is 0 Å². The number of fused-ring (bicyclic) bond motifs is 3. The van der Waals surface area contributed by atoms with Crippen molar-refractivity contribution < 1.29 is 18.9 Å². The Balaban J connectivity index is 1.63. The summed E-state index contributed by atoms with van der Waals surface area (Å²) in [6.45, 7) is 0. The van der Waals surface area contributed by atoms with Crippen molar-refractivity contribution in [3.63, 3.8) is 0 Å². The molecule has 0 aliphatic carbocycles. The first kappa shape index (κ1) is 21.1. The number of benzene rings is 3. The van der Waals surface area contributed by atoms with E-state index in [0.717, 1.165) is 39.5 Å². The van der Waals surface area contributed by atoms with Crippen molar-refractivity contribution in [2.75, 3.05) is 26.6 Å². The van der Waals surface area contributed by atoms with Gasteiger partial charge in [-0.25, -0.2) is 4.68 Å². The predicted molar refractivity (Wildman–Crippen MR) is 131 cm³/mol. The van der Waals surface area contributed by atoms with E-state index in [1.807, 2.05) is 71.4 Å². The number of hydrogen-bond donors (Lipinski definition) is 1. The molecule has 1 aromatic heterocycles. The molecule has 0 fully saturated rings. The van der Waals surface area contributed by atoms with Gasteiger partial charge in [0, 0.05) is 16.7 Å². The smallest absolute Gasteiger partial charge is 0.226 e. The summed E-state index contributed by atoms with van der Waals surface area (Å²) in [5.74, 6) is 3.48. The summed E-state index contributed by atoms with van der Waals surface area (Å²) < 4.78 is 25.4. The third-order valence-electron chi connectivity index (χ3n) is 6.47. The first-order chi connectivity index (χ1) is 17.2. The highest BCUT2D eigenvalue weighted by atomic mass is 16.5. The minimum absolute atomic E-state index is 0.313. The van der Waals surface area contributed by atoms with Crippen molar-refractivity contribution in [3.8, 4) is 23.0 Å². The van der Waals surface area contributed by atoms with Crippen molar-refractivity contribution in [3.05, 3.63) is 95.3 Å². The first-order valence-electron chi connectivity index (χ1n) is 11.2. The van der Waals surface area contributed by atoms with Gasteiger partial charge in [-0.1, -0.05) is 36.4 Å². The molecule has 35 heavy (non-hydrogen) atoms. The molecule has 3 heterocycles. The van der Waals surface area contributed by atoms with Crippen LogP contribution in [0.1, 0.15) is 28.8 Å². The number of nitrogens with zero attached hydrogens (tertiary/aromatic N) is 3. The molecule has 0 unspecified atom stereocenters. The van der Waals surface area contributed by atoms with Gasteiger partial charge in [0.1, 0.15) is 23.9 Å². The number of rotatable bonds is 5. The lowest BCUT2D eigenvalue weighted by atomic mass is 9.84. The maximum absolute atomic E-state index is 6.68. The molecule has 8 nitrogen and oxygen atoms in total. The molecule has 2 aliphatic heterocycles. The van der Waals surface area contributed by atoms with Gasteiger partial charge in [0.2, 0.25) is 5.95 Å². The van der Waals surface area contributed by atoms with Crippen LogP contribution in [-0.2, 0) is 0 Å². The Morgan fingerprint density at radius 1 is 0.857 bits per heavy atom. The number of para-hydroxylation sites is 2. The van der Waals surface area contributed by atoms with Crippen LogP contribution in [0.15, 0.2) is 78.6 Å². The molecule has 2 atom stereocenters. The Bertz CT molecular complexity index is 1440. The van der Waals surface area contributed by atoms with E-state index in [1.54, 1.807) is 27.7 Å². The fourth-order valence-electron chi connectivity index (χ4n) is 4.90. The summed E-state index contributed by atoms with van der Waals surface area (Å²) in [6, 6.07) is 21.5. The number of methoxy groups -OCH3 is 3. The van der Waals surface area contributed by atoms with Crippen LogP contribution < -0.4 is 24.3 Å². The largest absolute Gasteiger partial charge is 0.496 e. The van der Waals surface area contributed by atoms with E-state index in [2.05, 4.69) is 15.4 Å². The zero-order valence-corrected chi connectivity index (χ0v) is 19.6. The standard InChI is InChI=1S/C27H24N4O4/c1-32-19-10-6-5-9-18(19)26-23-24(17-8-4-7-11-20(17)35-26)30-27-28-15-29-31(27)25(23)16-12-13-21(33-2)22(14-16)34-3/h4-15,25-26H,1-3H3,(H,28,29,30)/t25-,26-/m1/s1. The second-order valence-corrected chi connectivity index (χ2v) is 8.24. The maximum Gasteiger partial charge on any atom is 0.226 e. The molecule has 0 radical (unpaired) electrons. The summed E-state index contributed by atoms with van der Waals surface area (Å²) in [4.78, 5) is 4.49. The second-order valence-electron chi connectivity index (χ2n) is 8.24. The van der Waals surface area contributed by atoms with Gasteiger partial charge in [0.15, 0.2) is 17.6 Å². The minimum Gasteiger partial charge on any atom is -0.496 e. The van der Waals surface area contributed by atoms with Crippen molar-refractivity contribution in [1.82, 2.24) is 14.8 Å². The molecule has 0 saturated heterocycles. The SMILES string of the molecule is COc1ccc([C@@H]2C3=C(Nc4ncnn42)c2ccccc2O[C@@H]3c2ccccc2OC)cc1OC. The maximum atomic E-state index is 6.68. The zero-order chi connectivity index (χ0) is 23.9. The van der Waals surface area contributed by atoms with Gasteiger partial charge in [0.25, 0.3) is 0 Å². The average molecular weight is 469 g/mol. The van der Waals surface area contributed by atoms with Crippen LogP contribution in [0.4, 0.5) is 5.95 Å². The molecule has 8 heteroatoms.